The van der Waals surface area contributed by atoms with E-state index in [2.05, 4.69) is 35.3 Å². The number of ether oxygens (including phenoxy) is 2. The molecule has 132 valence electrons. The lowest BCUT2D eigenvalue weighted by atomic mass is 9.45. The van der Waals surface area contributed by atoms with Crippen molar-refractivity contribution in [3.8, 4) is 11.5 Å². The van der Waals surface area contributed by atoms with Crippen LogP contribution in [-0.2, 0) is 5.41 Å². The van der Waals surface area contributed by atoms with Crippen molar-refractivity contribution >= 4 is 0 Å². The average Bonchev–Trinajstić information content (AvgIpc) is 3.39. The van der Waals surface area contributed by atoms with Crippen molar-refractivity contribution in [3.63, 3.8) is 0 Å². The van der Waals surface area contributed by atoms with Crippen molar-refractivity contribution in [2.45, 2.75) is 43.6 Å². The van der Waals surface area contributed by atoms with Crippen LogP contribution in [0.3, 0.4) is 0 Å². The number of nitrogens with zero attached hydrogens (tertiary/aromatic N) is 1. The van der Waals surface area contributed by atoms with Crippen molar-refractivity contribution in [2.75, 3.05) is 26.7 Å². The summed E-state index contributed by atoms with van der Waals surface area (Å²) in [4.78, 5) is 2.76. The van der Waals surface area contributed by atoms with Crippen LogP contribution in [0.2, 0.25) is 0 Å². The van der Waals surface area contributed by atoms with Crippen LogP contribution in [0.15, 0.2) is 30.4 Å². The molecule has 2 aliphatic heterocycles. The largest absolute Gasteiger partial charge is 0.493 e. The zero-order valence-electron chi connectivity index (χ0n) is 15.0. The Morgan fingerprint density at radius 3 is 2.92 bits per heavy atom. The first-order chi connectivity index (χ1) is 12.3. The number of methoxy groups -OCH3 is 1. The lowest BCUT2D eigenvalue weighted by Gasteiger charge is -2.62. The average molecular weight is 337 g/mol. The number of rotatable bonds is 3. The molecule has 4 atom stereocenters. The molecule has 1 saturated heterocycles. The predicted octanol–water partition coefficient (Wildman–Crippen LogP) is 3.78. The molecular weight excluding hydrogens is 310 g/mol. The van der Waals surface area contributed by atoms with E-state index in [4.69, 9.17) is 9.47 Å². The zero-order chi connectivity index (χ0) is 16.6. The van der Waals surface area contributed by atoms with Gasteiger partial charge in [-0.15, -0.1) is 0 Å². The number of benzene rings is 1. The predicted molar refractivity (Wildman–Crippen MR) is 97.2 cm³/mol. The van der Waals surface area contributed by atoms with Gasteiger partial charge >= 0.3 is 0 Å². The molecule has 2 heterocycles. The molecule has 4 aliphatic carbocycles. The van der Waals surface area contributed by atoms with Crippen molar-refractivity contribution in [3.05, 3.63) is 35.9 Å². The van der Waals surface area contributed by atoms with E-state index in [-0.39, 0.29) is 10.8 Å². The Bertz CT molecular complexity index is 754. The number of para-hydroxylation sites is 1. The molecule has 2 spiro atoms. The van der Waals surface area contributed by atoms with Crippen molar-refractivity contribution in [2.24, 2.45) is 17.3 Å². The van der Waals surface area contributed by atoms with Crippen LogP contribution in [0.25, 0.3) is 0 Å². The van der Waals surface area contributed by atoms with E-state index in [1.54, 1.807) is 7.11 Å². The Labute approximate surface area is 150 Å². The molecule has 2 bridgehead atoms. The molecule has 6 aliphatic rings. The topological polar surface area (TPSA) is 21.7 Å². The van der Waals surface area contributed by atoms with Gasteiger partial charge in [0.2, 0.25) is 0 Å². The van der Waals surface area contributed by atoms with Gasteiger partial charge in [-0.1, -0.05) is 24.3 Å². The Morgan fingerprint density at radius 1 is 1.24 bits per heavy atom. The summed E-state index contributed by atoms with van der Waals surface area (Å²) in [6.45, 7) is 3.74. The van der Waals surface area contributed by atoms with Crippen LogP contribution in [-0.4, -0.2) is 37.7 Å². The second-order valence-electron chi connectivity index (χ2n) is 8.99. The molecule has 1 aromatic rings. The second-order valence-corrected chi connectivity index (χ2v) is 8.99. The van der Waals surface area contributed by atoms with Crippen LogP contribution < -0.4 is 9.47 Å². The summed E-state index contributed by atoms with van der Waals surface area (Å²) in [5, 5.41) is 0. The summed E-state index contributed by atoms with van der Waals surface area (Å²) in [6.07, 6.45) is 12.1. The van der Waals surface area contributed by atoms with Crippen LogP contribution in [0, 0.1) is 17.3 Å². The van der Waals surface area contributed by atoms with E-state index in [0.29, 0.717) is 12.0 Å². The first-order valence-electron chi connectivity index (χ1n) is 10.0. The van der Waals surface area contributed by atoms with Gasteiger partial charge in [-0.05, 0) is 50.6 Å². The van der Waals surface area contributed by atoms with E-state index >= 15 is 0 Å². The van der Waals surface area contributed by atoms with Gasteiger partial charge in [0.15, 0.2) is 11.5 Å². The van der Waals surface area contributed by atoms with Crippen LogP contribution >= 0.6 is 0 Å². The Morgan fingerprint density at radius 2 is 2.16 bits per heavy atom. The maximum absolute atomic E-state index is 6.66. The molecule has 25 heavy (non-hydrogen) atoms. The van der Waals surface area contributed by atoms with Gasteiger partial charge in [0, 0.05) is 35.4 Å². The first-order valence-corrected chi connectivity index (χ1v) is 10.0. The maximum atomic E-state index is 6.66. The minimum atomic E-state index is 0.161. The monoisotopic (exact) mass is 337 g/mol. The molecule has 0 N–H and O–H groups in total. The fourth-order valence-electron chi connectivity index (χ4n) is 6.50. The van der Waals surface area contributed by atoms with E-state index in [0.717, 1.165) is 17.4 Å². The smallest absolute Gasteiger partial charge is 0.165 e. The number of piperidine rings is 1. The third kappa shape index (κ3) is 1.75. The molecule has 7 rings (SSSR count). The maximum Gasteiger partial charge on any atom is 0.165 e. The van der Waals surface area contributed by atoms with E-state index in [9.17, 15) is 0 Å². The van der Waals surface area contributed by atoms with Gasteiger partial charge in [0.25, 0.3) is 0 Å². The molecule has 1 aromatic carbocycles. The first kappa shape index (κ1) is 14.7. The Balaban J connectivity index is 1.48. The summed E-state index contributed by atoms with van der Waals surface area (Å²) in [5.74, 6) is 3.48. The molecule has 2 saturated carbocycles. The van der Waals surface area contributed by atoms with E-state index in [1.165, 1.54) is 57.3 Å². The summed E-state index contributed by atoms with van der Waals surface area (Å²) in [5.41, 5.74) is 1.84. The summed E-state index contributed by atoms with van der Waals surface area (Å²) in [7, 11) is 1.76. The SMILES string of the molecule is COc1cccc2c1OC1C3C=CC4(CC3)CN(CC3CC3)CCC214. The Kier molecular flexibility index (Phi) is 2.83. The third-order valence-corrected chi connectivity index (χ3v) is 7.81. The van der Waals surface area contributed by atoms with Gasteiger partial charge in [0.1, 0.15) is 6.10 Å². The highest BCUT2D eigenvalue weighted by molar-refractivity contribution is 5.58. The number of likely N-dealkylation sites (tertiary alicyclic amines) is 1. The van der Waals surface area contributed by atoms with Gasteiger partial charge in [-0.2, -0.15) is 0 Å². The molecule has 3 fully saturated rings. The fraction of sp³-hybridized carbons (Fsp3) is 0.636. The molecule has 3 heteroatoms. The van der Waals surface area contributed by atoms with Gasteiger partial charge in [-0.3, -0.25) is 0 Å². The molecule has 0 radical (unpaired) electrons. The van der Waals surface area contributed by atoms with Crippen molar-refractivity contribution in [1.29, 1.82) is 0 Å². The van der Waals surface area contributed by atoms with Gasteiger partial charge in [0.05, 0.1) is 7.11 Å². The second kappa shape index (κ2) is 4.82. The normalized spacial score (nSPS) is 41.0. The molecule has 3 nitrogen and oxygen atoms in total. The highest BCUT2D eigenvalue weighted by Crippen LogP contribution is 2.68. The van der Waals surface area contributed by atoms with Crippen LogP contribution in [0.4, 0.5) is 0 Å². The molecule has 0 amide bonds. The van der Waals surface area contributed by atoms with Crippen molar-refractivity contribution < 1.29 is 9.47 Å². The quantitative estimate of drug-likeness (QED) is 0.784. The van der Waals surface area contributed by atoms with E-state index < -0.39 is 0 Å². The third-order valence-electron chi connectivity index (χ3n) is 7.81. The number of hydrogen-bond donors (Lipinski definition) is 0. The standard InChI is InChI=1S/C22H27NO2/c1-24-18-4-2-3-17-19(18)25-20-16-7-9-21(10-8-16)14-23(13-15-5-6-15)12-11-22(17,20)21/h2-4,7,9,15-16,20H,5-6,8,10-14H2,1H3. The highest BCUT2D eigenvalue weighted by atomic mass is 16.5. The lowest BCUT2D eigenvalue weighted by molar-refractivity contribution is -0.0798. The minimum Gasteiger partial charge on any atom is -0.493 e. The summed E-state index contributed by atoms with van der Waals surface area (Å²) in [6, 6.07) is 6.54. The summed E-state index contributed by atoms with van der Waals surface area (Å²) < 4.78 is 12.3. The molecular formula is C22H27NO2. The highest BCUT2D eigenvalue weighted by Gasteiger charge is 2.68. The number of hydrogen-bond acceptors (Lipinski definition) is 3. The lowest BCUT2D eigenvalue weighted by Crippen LogP contribution is -2.67. The van der Waals surface area contributed by atoms with Crippen LogP contribution in [0.1, 0.15) is 37.7 Å². The summed E-state index contributed by atoms with van der Waals surface area (Å²) >= 11 is 0. The van der Waals surface area contributed by atoms with Gasteiger partial charge in [-0.25, -0.2) is 0 Å². The fourth-order valence-corrected chi connectivity index (χ4v) is 6.50. The van der Waals surface area contributed by atoms with E-state index in [1.807, 2.05) is 0 Å². The zero-order valence-corrected chi connectivity index (χ0v) is 15.0. The van der Waals surface area contributed by atoms with Crippen LogP contribution in [0.5, 0.6) is 11.5 Å². The number of fused-ring (bicyclic) bond motifs is 2. The van der Waals surface area contributed by atoms with Gasteiger partial charge < -0.3 is 14.4 Å². The minimum absolute atomic E-state index is 0.161. The Hall–Kier alpha value is -1.48. The molecule has 4 unspecified atom stereocenters. The molecule has 0 aromatic heterocycles. The van der Waals surface area contributed by atoms with Crippen molar-refractivity contribution in [1.82, 2.24) is 4.90 Å².